The van der Waals surface area contributed by atoms with Crippen molar-refractivity contribution in [1.29, 1.82) is 0 Å². The highest BCUT2D eigenvalue weighted by Gasteiger charge is 2.31. The smallest absolute Gasteiger partial charge is 0.244 e. The summed E-state index contributed by atoms with van der Waals surface area (Å²) in [4.78, 5) is 32.1. The third kappa shape index (κ3) is 3.74. The number of rotatable bonds is 4. The molecule has 0 fully saturated rings. The first kappa shape index (κ1) is 19.9. The summed E-state index contributed by atoms with van der Waals surface area (Å²) in [7, 11) is 0. The molecule has 0 saturated carbocycles. The molecule has 1 aliphatic carbocycles. The first-order valence-corrected chi connectivity index (χ1v) is 11.5. The first-order valence-electron chi connectivity index (χ1n) is 10.6. The van der Waals surface area contributed by atoms with E-state index in [-0.39, 0.29) is 23.6 Å². The van der Waals surface area contributed by atoms with Crippen molar-refractivity contribution in [2.75, 3.05) is 16.8 Å². The number of amides is 2. The van der Waals surface area contributed by atoms with Gasteiger partial charge in [-0.1, -0.05) is 42.1 Å². The number of anilines is 2. The lowest BCUT2D eigenvalue weighted by Gasteiger charge is -2.30. The molecule has 1 atom stereocenters. The van der Waals surface area contributed by atoms with Gasteiger partial charge < -0.3 is 5.32 Å². The molecule has 1 aromatic heterocycles. The van der Waals surface area contributed by atoms with Crippen LogP contribution in [-0.4, -0.2) is 33.2 Å². The SMILES string of the molecule is C[C@@H](Sc1nc2c(n1-c1ccccc1)CCCC2)C(=O)N1CC(=O)Nc2ccccc21. The molecule has 3 aromatic rings. The van der Waals surface area contributed by atoms with Crippen LogP contribution in [0.5, 0.6) is 0 Å². The topological polar surface area (TPSA) is 67.2 Å². The quantitative estimate of drug-likeness (QED) is 0.627. The van der Waals surface area contributed by atoms with Crippen LogP contribution in [0.4, 0.5) is 11.4 Å². The van der Waals surface area contributed by atoms with Gasteiger partial charge in [0.1, 0.15) is 6.54 Å². The van der Waals surface area contributed by atoms with Crippen LogP contribution >= 0.6 is 11.8 Å². The van der Waals surface area contributed by atoms with E-state index in [2.05, 4.69) is 22.0 Å². The molecule has 31 heavy (non-hydrogen) atoms. The minimum atomic E-state index is -0.384. The average Bonchev–Trinajstić information content (AvgIpc) is 3.16. The molecular weight excluding hydrogens is 408 g/mol. The largest absolute Gasteiger partial charge is 0.323 e. The van der Waals surface area contributed by atoms with Gasteiger partial charge in [-0.2, -0.15) is 0 Å². The zero-order valence-electron chi connectivity index (χ0n) is 17.4. The lowest BCUT2D eigenvalue weighted by atomic mass is 10.0. The van der Waals surface area contributed by atoms with E-state index in [9.17, 15) is 9.59 Å². The molecule has 2 heterocycles. The van der Waals surface area contributed by atoms with Crippen molar-refractivity contribution < 1.29 is 9.59 Å². The molecule has 2 aliphatic rings. The highest BCUT2D eigenvalue weighted by atomic mass is 32.2. The molecule has 6 nitrogen and oxygen atoms in total. The van der Waals surface area contributed by atoms with Crippen LogP contribution in [0, 0.1) is 0 Å². The molecule has 158 valence electrons. The molecule has 1 N–H and O–H groups in total. The predicted molar refractivity (Wildman–Crippen MR) is 123 cm³/mol. The third-order valence-electron chi connectivity index (χ3n) is 5.78. The van der Waals surface area contributed by atoms with Crippen LogP contribution in [-0.2, 0) is 22.4 Å². The van der Waals surface area contributed by atoms with Gasteiger partial charge in [0.15, 0.2) is 5.16 Å². The summed E-state index contributed by atoms with van der Waals surface area (Å²) in [6.45, 7) is 1.93. The highest BCUT2D eigenvalue weighted by molar-refractivity contribution is 8.00. The number of aromatic nitrogens is 2. The maximum Gasteiger partial charge on any atom is 0.244 e. The van der Waals surface area contributed by atoms with Gasteiger partial charge in [-0.05, 0) is 56.9 Å². The van der Waals surface area contributed by atoms with Gasteiger partial charge in [0.25, 0.3) is 0 Å². The van der Waals surface area contributed by atoms with Gasteiger partial charge >= 0.3 is 0 Å². The number of carbonyl (C=O) groups excluding carboxylic acids is 2. The fourth-order valence-corrected chi connectivity index (χ4v) is 5.32. The number of thioether (sulfide) groups is 1. The van der Waals surface area contributed by atoms with Crippen molar-refractivity contribution in [1.82, 2.24) is 9.55 Å². The van der Waals surface area contributed by atoms with E-state index >= 15 is 0 Å². The summed E-state index contributed by atoms with van der Waals surface area (Å²) in [5.41, 5.74) is 4.88. The summed E-state index contributed by atoms with van der Waals surface area (Å²) < 4.78 is 2.21. The normalized spacial score (nSPS) is 16.3. The van der Waals surface area contributed by atoms with Crippen LogP contribution in [0.15, 0.2) is 59.8 Å². The molecular formula is C24H24N4O2S. The van der Waals surface area contributed by atoms with Crippen molar-refractivity contribution in [3.63, 3.8) is 0 Å². The van der Waals surface area contributed by atoms with E-state index in [0.717, 1.165) is 47.9 Å². The maximum absolute atomic E-state index is 13.4. The lowest BCUT2D eigenvalue weighted by molar-refractivity contribution is -0.121. The van der Waals surface area contributed by atoms with Gasteiger partial charge in [-0.3, -0.25) is 19.1 Å². The number of carbonyl (C=O) groups is 2. The van der Waals surface area contributed by atoms with Crippen LogP contribution in [0.1, 0.15) is 31.2 Å². The second kappa shape index (κ2) is 8.23. The number of benzene rings is 2. The zero-order chi connectivity index (χ0) is 21.4. The number of fused-ring (bicyclic) bond motifs is 2. The molecule has 0 unspecified atom stereocenters. The average molecular weight is 433 g/mol. The summed E-state index contributed by atoms with van der Waals surface area (Å²) in [5, 5.41) is 3.30. The fraction of sp³-hybridized carbons (Fsp3) is 0.292. The molecule has 2 aromatic carbocycles. The molecule has 0 saturated heterocycles. The highest BCUT2D eigenvalue weighted by Crippen LogP contribution is 2.35. The Morgan fingerprint density at radius 3 is 2.65 bits per heavy atom. The van der Waals surface area contributed by atoms with Crippen LogP contribution in [0.3, 0.4) is 0 Å². The number of nitrogens with one attached hydrogen (secondary N) is 1. The fourth-order valence-electron chi connectivity index (χ4n) is 4.30. The molecule has 0 bridgehead atoms. The lowest BCUT2D eigenvalue weighted by Crippen LogP contribution is -2.45. The maximum atomic E-state index is 13.4. The van der Waals surface area contributed by atoms with E-state index in [4.69, 9.17) is 4.98 Å². The summed E-state index contributed by atoms with van der Waals surface area (Å²) in [6.07, 6.45) is 4.28. The van der Waals surface area contributed by atoms with Crippen LogP contribution in [0.2, 0.25) is 0 Å². The van der Waals surface area contributed by atoms with Gasteiger partial charge in [-0.15, -0.1) is 0 Å². The second-order valence-corrected chi connectivity index (χ2v) is 9.22. The second-order valence-electron chi connectivity index (χ2n) is 7.92. The molecule has 0 spiro atoms. The number of para-hydroxylation sites is 3. The Balaban J connectivity index is 1.46. The van der Waals surface area contributed by atoms with Crippen LogP contribution < -0.4 is 10.2 Å². The minimum Gasteiger partial charge on any atom is -0.323 e. The van der Waals surface area contributed by atoms with E-state index in [0.29, 0.717) is 5.69 Å². The van der Waals surface area contributed by atoms with Crippen molar-refractivity contribution in [2.24, 2.45) is 0 Å². The van der Waals surface area contributed by atoms with Gasteiger partial charge in [0, 0.05) is 11.4 Å². The monoisotopic (exact) mass is 432 g/mol. The Kier molecular flexibility index (Phi) is 5.28. The first-order chi connectivity index (χ1) is 15.1. The number of hydrogen-bond acceptors (Lipinski definition) is 4. The number of nitrogens with zero attached hydrogens (tertiary/aromatic N) is 3. The Morgan fingerprint density at radius 2 is 1.81 bits per heavy atom. The predicted octanol–water partition coefficient (Wildman–Crippen LogP) is 4.22. The molecule has 0 radical (unpaired) electrons. The molecule has 5 rings (SSSR count). The number of imidazole rings is 1. The molecule has 7 heteroatoms. The number of aryl methyl sites for hydroxylation is 1. The van der Waals surface area contributed by atoms with Gasteiger partial charge in [0.05, 0.1) is 22.3 Å². The Hall–Kier alpha value is -3.06. The minimum absolute atomic E-state index is 0.0321. The van der Waals surface area contributed by atoms with Crippen molar-refractivity contribution in [3.8, 4) is 5.69 Å². The van der Waals surface area contributed by atoms with Crippen molar-refractivity contribution in [2.45, 2.75) is 43.0 Å². The van der Waals surface area contributed by atoms with E-state index in [1.165, 1.54) is 17.5 Å². The van der Waals surface area contributed by atoms with Crippen molar-refractivity contribution >= 4 is 35.0 Å². The van der Waals surface area contributed by atoms with Crippen LogP contribution in [0.25, 0.3) is 5.69 Å². The summed E-state index contributed by atoms with van der Waals surface area (Å²) >= 11 is 1.47. The standard InChI is InChI=1S/C24H24N4O2S/c1-16(23(30)27-15-22(29)25-18-11-5-7-13-20(18)27)31-24-26-19-12-6-8-14-21(19)28(24)17-9-3-2-4-10-17/h2-5,7,9-11,13,16H,6,8,12,14-15H2,1H3,(H,25,29)/t16-/m1/s1. The summed E-state index contributed by atoms with van der Waals surface area (Å²) in [5.74, 6) is -0.265. The number of hydrogen-bond donors (Lipinski definition) is 1. The Labute approximate surface area is 185 Å². The zero-order valence-corrected chi connectivity index (χ0v) is 18.2. The summed E-state index contributed by atoms with van der Waals surface area (Å²) in [6, 6.07) is 17.6. The van der Waals surface area contributed by atoms with Gasteiger partial charge in [-0.25, -0.2) is 4.98 Å². The third-order valence-corrected chi connectivity index (χ3v) is 6.82. The van der Waals surface area contributed by atoms with Gasteiger partial charge in [0.2, 0.25) is 11.8 Å². The van der Waals surface area contributed by atoms with Crippen molar-refractivity contribution in [3.05, 3.63) is 66.0 Å². The van der Waals surface area contributed by atoms with E-state index < -0.39 is 0 Å². The molecule has 2 amide bonds. The Bertz CT molecular complexity index is 1140. The molecule has 1 aliphatic heterocycles. The Morgan fingerprint density at radius 1 is 1.06 bits per heavy atom. The van der Waals surface area contributed by atoms with E-state index in [1.54, 1.807) is 4.90 Å². The van der Waals surface area contributed by atoms with E-state index in [1.807, 2.05) is 49.4 Å².